The number of carbonyl (C=O) groups excluding carboxylic acids is 1. The highest BCUT2D eigenvalue weighted by molar-refractivity contribution is 7.92. The van der Waals surface area contributed by atoms with Crippen molar-refractivity contribution in [2.75, 3.05) is 18.1 Å². The second kappa shape index (κ2) is 6.02. The first-order chi connectivity index (χ1) is 10.9. The zero-order valence-electron chi connectivity index (χ0n) is 13.7. The van der Waals surface area contributed by atoms with E-state index >= 15 is 0 Å². The number of ether oxygens (including phenoxy) is 3. The van der Waals surface area contributed by atoms with Crippen LogP contribution in [0.3, 0.4) is 0 Å². The summed E-state index contributed by atoms with van der Waals surface area (Å²) in [6, 6.07) is 2.83. The van der Waals surface area contributed by atoms with Crippen molar-refractivity contribution in [2.45, 2.75) is 31.7 Å². The van der Waals surface area contributed by atoms with E-state index in [2.05, 4.69) is 4.72 Å². The Balaban J connectivity index is 2.60. The molecule has 1 aromatic carbocycles. The number of hydrogen-bond acceptors (Lipinski definition) is 7. The fourth-order valence-electron chi connectivity index (χ4n) is 2.47. The number of rotatable bonds is 4. The first-order valence-electron chi connectivity index (χ1n) is 6.97. The Hall–Kier alpha value is -2.20. The largest absolute Gasteiger partial charge is 0.495 e. The van der Waals surface area contributed by atoms with Crippen LogP contribution in [0, 0.1) is 0 Å². The average Bonchev–Trinajstić information content (AvgIpc) is 2.41. The van der Waals surface area contributed by atoms with E-state index in [-0.39, 0.29) is 17.2 Å². The molecular weight excluding hydrogens is 340 g/mol. The van der Waals surface area contributed by atoms with Gasteiger partial charge in [-0.15, -0.1) is 0 Å². The molecule has 134 valence electrons. The maximum atomic E-state index is 11.5. The lowest BCUT2D eigenvalue weighted by Gasteiger charge is -2.41. The summed E-state index contributed by atoms with van der Waals surface area (Å²) in [5, 5.41) is 10.4. The maximum absolute atomic E-state index is 11.5. The number of aliphatic hydroxyl groups excluding tert-OH is 1. The van der Waals surface area contributed by atoms with E-state index in [1.165, 1.54) is 19.2 Å². The van der Waals surface area contributed by atoms with Gasteiger partial charge in [-0.25, -0.2) is 13.2 Å². The second-order valence-electron chi connectivity index (χ2n) is 5.97. The molecule has 1 heterocycles. The van der Waals surface area contributed by atoms with Gasteiger partial charge in [0.1, 0.15) is 23.2 Å². The highest BCUT2D eigenvalue weighted by Gasteiger charge is 2.45. The van der Waals surface area contributed by atoms with Gasteiger partial charge in [-0.3, -0.25) is 4.72 Å². The first-order valence-corrected chi connectivity index (χ1v) is 8.86. The number of nitrogens with one attached hydrogen (secondary N) is 1. The van der Waals surface area contributed by atoms with E-state index < -0.39 is 33.9 Å². The Bertz CT molecular complexity index is 761. The normalized spacial score (nSPS) is 22.0. The molecule has 2 atom stereocenters. The van der Waals surface area contributed by atoms with Crippen molar-refractivity contribution in [1.29, 1.82) is 0 Å². The van der Waals surface area contributed by atoms with Crippen LogP contribution in [0.25, 0.3) is 0 Å². The first kappa shape index (κ1) is 18.1. The minimum absolute atomic E-state index is 0.156. The topological polar surface area (TPSA) is 137 Å². The fourth-order valence-corrected chi connectivity index (χ4v) is 3.03. The van der Waals surface area contributed by atoms with Gasteiger partial charge in [0.15, 0.2) is 6.10 Å². The van der Waals surface area contributed by atoms with Crippen LogP contribution in [0.1, 0.15) is 25.5 Å². The van der Waals surface area contributed by atoms with Crippen LogP contribution in [0.5, 0.6) is 11.5 Å². The van der Waals surface area contributed by atoms with Crippen molar-refractivity contribution in [1.82, 2.24) is 0 Å². The molecule has 1 amide bonds. The van der Waals surface area contributed by atoms with Gasteiger partial charge >= 0.3 is 6.09 Å². The lowest BCUT2D eigenvalue weighted by atomic mass is 9.88. The second-order valence-corrected chi connectivity index (χ2v) is 7.72. The summed E-state index contributed by atoms with van der Waals surface area (Å²) in [6.07, 6.45) is -2.32. The summed E-state index contributed by atoms with van der Waals surface area (Å²) in [6.45, 7) is 3.21. The Morgan fingerprint density at radius 1 is 1.42 bits per heavy atom. The molecule has 9 nitrogen and oxygen atoms in total. The van der Waals surface area contributed by atoms with Crippen LogP contribution in [-0.4, -0.2) is 44.7 Å². The summed E-state index contributed by atoms with van der Waals surface area (Å²) in [7, 11) is -2.20. The molecule has 1 aliphatic heterocycles. The van der Waals surface area contributed by atoms with Crippen molar-refractivity contribution < 1.29 is 32.5 Å². The highest BCUT2D eigenvalue weighted by Crippen LogP contribution is 2.45. The molecular formula is C14H20N2O7S. The highest BCUT2D eigenvalue weighted by atomic mass is 32.2. The molecule has 0 unspecified atom stereocenters. The summed E-state index contributed by atoms with van der Waals surface area (Å²) >= 11 is 0. The van der Waals surface area contributed by atoms with E-state index in [0.29, 0.717) is 5.56 Å². The molecule has 0 saturated carbocycles. The summed E-state index contributed by atoms with van der Waals surface area (Å²) < 4.78 is 41.2. The van der Waals surface area contributed by atoms with E-state index in [0.717, 1.165) is 6.26 Å². The molecule has 0 radical (unpaired) electrons. The molecule has 0 bridgehead atoms. The number of carbonyl (C=O) groups is 1. The van der Waals surface area contributed by atoms with Crippen LogP contribution in [0.15, 0.2) is 12.1 Å². The van der Waals surface area contributed by atoms with Gasteiger partial charge in [0.05, 0.1) is 19.1 Å². The van der Waals surface area contributed by atoms with Crippen molar-refractivity contribution in [3.8, 4) is 11.5 Å². The lowest BCUT2D eigenvalue weighted by molar-refractivity contribution is -0.112. The molecule has 24 heavy (non-hydrogen) atoms. The van der Waals surface area contributed by atoms with Crippen molar-refractivity contribution in [3.63, 3.8) is 0 Å². The van der Waals surface area contributed by atoms with Crippen molar-refractivity contribution >= 4 is 21.8 Å². The number of aliphatic hydroxyl groups is 1. The molecule has 0 fully saturated rings. The third kappa shape index (κ3) is 3.65. The molecule has 10 heteroatoms. The monoisotopic (exact) mass is 360 g/mol. The van der Waals surface area contributed by atoms with Crippen LogP contribution in [-0.2, 0) is 14.8 Å². The minimum atomic E-state index is -3.55. The van der Waals surface area contributed by atoms with E-state index in [9.17, 15) is 18.3 Å². The minimum Gasteiger partial charge on any atom is -0.495 e. The van der Waals surface area contributed by atoms with Crippen LogP contribution < -0.4 is 19.9 Å². The number of nitrogens with two attached hydrogens (primary N) is 1. The van der Waals surface area contributed by atoms with Crippen LogP contribution in [0.4, 0.5) is 10.5 Å². The Morgan fingerprint density at radius 3 is 2.54 bits per heavy atom. The Kier molecular flexibility index (Phi) is 4.55. The summed E-state index contributed by atoms with van der Waals surface area (Å²) in [4.78, 5) is 11.2. The molecule has 0 saturated heterocycles. The summed E-state index contributed by atoms with van der Waals surface area (Å²) in [5.74, 6) is 0.413. The molecule has 2 rings (SSSR count). The number of sulfonamides is 1. The number of hydrogen-bond donors (Lipinski definition) is 3. The standard InChI is InChI=1S/C14H20N2O7S/c1-14(2)12(17)11(22-13(15)18)7-5-10(21-3)8(6-9(7)23-14)16-24(4,19)20/h5-6,11-12,16-17H,1-4H3,(H2,15,18)/t11-,12+/m0/s1. The fraction of sp³-hybridized carbons (Fsp3) is 0.500. The van der Waals surface area contributed by atoms with Gasteiger partial charge in [-0.05, 0) is 19.9 Å². The third-order valence-electron chi connectivity index (χ3n) is 3.55. The summed E-state index contributed by atoms with van der Waals surface area (Å²) in [5.41, 5.74) is 4.46. The van der Waals surface area contributed by atoms with Gasteiger partial charge < -0.3 is 25.1 Å². The number of anilines is 1. The predicted molar refractivity (Wildman–Crippen MR) is 85.6 cm³/mol. The maximum Gasteiger partial charge on any atom is 0.405 e. The van der Waals surface area contributed by atoms with Crippen LogP contribution in [0.2, 0.25) is 0 Å². The molecule has 4 N–H and O–H groups in total. The SMILES string of the molecule is COc1cc2c(cc1NS(C)(=O)=O)OC(C)(C)[C@H](O)[C@H]2OC(N)=O. The van der Waals surface area contributed by atoms with Crippen molar-refractivity contribution in [3.05, 3.63) is 17.7 Å². The predicted octanol–water partition coefficient (Wildman–Crippen LogP) is 0.735. The number of methoxy groups -OCH3 is 1. The smallest absolute Gasteiger partial charge is 0.405 e. The van der Waals surface area contributed by atoms with Gasteiger partial charge in [0, 0.05) is 11.6 Å². The molecule has 0 aromatic heterocycles. The Labute approximate surface area is 139 Å². The van der Waals surface area contributed by atoms with Crippen LogP contribution >= 0.6 is 0 Å². The quantitative estimate of drug-likeness (QED) is 0.720. The van der Waals surface area contributed by atoms with E-state index in [1.807, 2.05) is 0 Å². The zero-order chi connectivity index (χ0) is 18.3. The molecule has 1 aromatic rings. The number of primary amides is 1. The van der Waals surface area contributed by atoms with Crippen molar-refractivity contribution in [2.24, 2.45) is 5.73 Å². The number of benzene rings is 1. The molecule has 0 spiro atoms. The molecule has 1 aliphatic rings. The number of fused-ring (bicyclic) bond motifs is 1. The zero-order valence-corrected chi connectivity index (χ0v) is 14.5. The van der Waals surface area contributed by atoms with E-state index in [1.54, 1.807) is 13.8 Å². The number of amides is 1. The van der Waals surface area contributed by atoms with Gasteiger partial charge in [0.25, 0.3) is 0 Å². The lowest BCUT2D eigenvalue weighted by Crippen LogP contribution is -2.50. The van der Waals surface area contributed by atoms with Gasteiger partial charge in [0.2, 0.25) is 10.0 Å². The average molecular weight is 360 g/mol. The van der Waals surface area contributed by atoms with E-state index in [4.69, 9.17) is 19.9 Å². The van der Waals surface area contributed by atoms with Gasteiger partial charge in [-0.2, -0.15) is 0 Å². The molecule has 0 aliphatic carbocycles. The van der Waals surface area contributed by atoms with Gasteiger partial charge in [-0.1, -0.05) is 0 Å². The Morgan fingerprint density at radius 2 is 2.04 bits per heavy atom. The third-order valence-corrected chi connectivity index (χ3v) is 4.14.